The number of carbonyl (C=O) groups is 2. The lowest BCUT2D eigenvalue weighted by Gasteiger charge is -2.20. The van der Waals surface area contributed by atoms with Crippen molar-refractivity contribution in [3.05, 3.63) is 0 Å². The Labute approximate surface area is 109 Å². The van der Waals surface area contributed by atoms with Crippen LogP contribution in [0.3, 0.4) is 0 Å². The van der Waals surface area contributed by atoms with Crippen LogP contribution in [0.2, 0.25) is 0 Å². The van der Waals surface area contributed by atoms with E-state index in [4.69, 9.17) is 5.11 Å². The zero-order chi connectivity index (χ0) is 14.0. The fourth-order valence-corrected chi connectivity index (χ4v) is 1.27. The SMILES string of the molecule is CC(CNC(=O)NCCCCCC(=O)O)N(C)C. The summed E-state index contributed by atoms with van der Waals surface area (Å²) in [7, 11) is 3.93. The second kappa shape index (κ2) is 9.70. The Hall–Kier alpha value is -1.30. The Kier molecular flexibility index (Phi) is 9.00. The van der Waals surface area contributed by atoms with Gasteiger partial charge in [-0.2, -0.15) is 0 Å². The summed E-state index contributed by atoms with van der Waals surface area (Å²) in [5, 5.41) is 14.0. The summed E-state index contributed by atoms with van der Waals surface area (Å²) in [5.41, 5.74) is 0. The van der Waals surface area contributed by atoms with E-state index >= 15 is 0 Å². The van der Waals surface area contributed by atoms with Crippen molar-refractivity contribution < 1.29 is 14.7 Å². The molecule has 0 rings (SSSR count). The van der Waals surface area contributed by atoms with Gasteiger partial charge < -0.3 is 20.6 Å². The Morgan fingerprint density at radius 2 is 1.83 bits per heavy atom. The molecule has 0 aromatic carbocycles. The maximum atomic E-state index is 11.4. The summed E-state index contributed by atoms with van der Waals surface area (Å²) >= 11 is 0. The van der Waals surface area contributed by atoms with E-state index in [-0.39, 0.29) is 12.5 Å². The molecule has 0 bridgehead atoms. The van der Waals surface area contributed by atoms with Crippen molar-refractivity contribution in [2.75, 3.05) is 27.2 Å². The van der Waals surface area contributed by atoms with Gasteiger partial charge in [0.05, 0.1) is 0 Å². The molecular weight excluding hydrogens is 234 g/mol. The van der Waals surface area contributed by atoms with E-state index in [1.54, 1.807) is 0 Å². The largest absolute Gasteiger partial charge is 0.481 e. The van der Waals surface area contributed by atoms with Crippen LogP contribution in [0.25, 0.3) is 0 Å². The van der Waals surface area contributed by atoms with Crippen molar-refractivity contribution >= 4 is 12.0 Å². The van der Waals surface area contributed by atoms with Gasteiger partial charge in [-0.05, 0) is 33.9 Å². The van der Waals surface area contributed by atoms with Crippen molar-refractivity contribution in [3.8, 4) is 0 Å². The van der Waals surface area contributed by atoms with Crippen LogP contribution >= 0.6 is 0 Å². The minimum absolute atomic E-state index is 0.165. The zero-order valence-corrected chi connectivity index (χ0v) is 11.5. The molecule has 0 spiro atoms. The fraction of sp³-hybridized carbons (Fsp3) is 0.833. The van der Waals surface area contributed by atoms with Crippen LogP contribution in [-0.4, -0.2) is 55.2 Å². The summed E-state index contributed by atoms with van der Waals surface area (Å²) < 4.78 is 0. The van der Waals surface area contributed by atoms with E-state index in [0.29, 0.717) is 25.6 Å². The van der Waals surface area contributed by atoms with Crippen LogP contribution < -0.4 is 10.6 Å². The first-order valence-electron chi connectivity index (χ1n) is 6.33. The summed E-state index contributed by atoms with van der Waals surface area (Å²) in [6.45, 7) is 3.23. The molecule has 0 aromatic heterocycles. The molecule has 0 aromatic rings. The Morgan fingerprint density at radius 3 is 2.39 bits per heavy atom. The highest BCUT2D eigenvalue weighted by molar-refractivity contribution is 5.73. The molecule has 3 N–H and O–H groups in total. The van der Waals surface area contributed by atoms with Crippen molar-refractivity contribution in [3.63, 3.8) is 0 Å². The predicted molar refractivity (Wildman–Crippen MR) is 70.7 cm³/mol. The van der Waals surface area contributed by atoms with Gasteiger partial charge in [0.1, 0.15) is 0 Å². The number of urea groups is 1. The molecule has 0 heterocycles. The normalized spacial score (nSPS) is 12.2. The van der Waals surface area contributed by atoms with Gasteiger partial charge in [-0.25, -0.2) is 4.79 Å². The van der Waals surface area contributed by atoms with Gasteiger partial charge in [0, 0.05) is 25.6 Å². The van der Waals surface area contributed by atoms with Crippen molar-refractivity contribution in [1.29, 1.82) is 0 Å². The van der Waals surface area contributed by atoms with E-state index in [1.165, 1.54) is 0 Å². The molecule has 1 atom stereocenters. The third-order valence-electron chi connectivity index (χ3n) is 2.79. The van der Waals surface area contributed by atoms with Crippen LogP contribution in [0.1, 0.15) is 32.6 Å². The number of hydrogen-bond donors (Lipinski definition) is 3. The topological polar surface area (TPSA) is 81.7 Å². The van der Waals surface area contributed by atoms with Gasteiger partial charge in [-0.15, -0.1) is 0 Å². The predicted octanol–water partition coefficient (Wildman–Crippen LogP) is 0.881. The maximum absolute atomic E-state index is 11.4. The standard InChI is InChI=1S/C12H25N3O3/c1-10(15(2)3)9-14-12(18)13-8-6-4-5-7-11(16)17/h10H,4-9H2,1-3H3,(H,16,17)(H2,13,14,18). The number of carbonyl (C=O) groups excluding carboxylic acids is 1. The molecule has 0 aliphatic heterocycles. The maximum Gasteiger partial charge on any atom is 0.314 e. The monoisotopic (exact) mass is 259 g/mol. The summed E-state index contributed by atoms with van der Waals surface area (Å²) in [6, 6.07) is 0.133. The summed E-state index contributed by atoms with van der Waals surface area (Å²) in [6.07, 6.45) is 2.49. The Bertz CT molecular complexity index is 257. The average Bonchev–Trinajstić information content (AvgIpc) is 2.29. The smallest absolute Gasteiger partial charge is 0.314 e. The lowest BCUT2D eigenvalue weighted by Crippen LogP contribution is -2.43. The van der Waals surface area contributed by atoms with Gasteiger partial charge in [0.25, 0.3) is 0 Å². The number of rotatable bonds is 9. The molecule has 0 saturated carbocycles. The molecule has 0 radical (unpaired) electrons. The molecule has 6 nitrogen and oxygen atoms in total. The first-order chi connectivity index (χ1) is 8.43. The van der Waals surface area contributed by atoms with Crippen LogP contribution in [0.15, 0.2) is 0 Å². The van der Waals surface area contributed by atoms with Crippen molar-refractivity contribution in [2.24, 2.45) is 0 Å². The molecule has 6 heteroatoms. The number of likely N-dealkylation sites (N-methyl/N-ethyl adjacent to an activating group) is 1. The van der Waals surface area contributed by atoms with E-state index in [2.05, 4.69) is 10.6 Å². The van der Waals surface area contributed by atoms with E-state index in [0.717, 1.165) is 12.8 Å². The minimum Gasteiger partial charge on any atom is -0.481 e. The van der Waals surface area contributed by atoms with Gasteiger partial charge in [-0.3, -0.25) is 4.79 Å². The Balaban J connectivity index is 3.40. The second-order valence-electron chi connectivity index (χ2n) is 4.65. The number of unbranched alkanes of at least 4 members (excludes halogenated alkanes) is 2. The molecule has 2 amide bonds. The van der Waals surface area contributed by atoms with Crippen LogP contribution in [0.4, 0.5) is 4.79 Å². The number of amides is 2. The zero-order valence-electron chi connectivity index (χ0n) is 11.5. The number of carboxylic acids is 1. The molecule has 1 unspecified atom stereocenters. The lowest BCUT2D eigenvalue weighted by molar-refractivity contribution is -0.137. The molecule has 0 aliphatic carbocycles. The minimum atomic E-state index is -0.765. The molecule has 106 valence electrons. The second-order valence-corrected chi connectivity index (χ2v) is 4.65. The number of nitrogens with zero attached hydrogens (tertiary/aromatic N) is 1. The Morgan fingerprint density at radius 1 is 1.17 bits per heavy atom. The first kappa shape index (κ1) is 16.7. The molecular formula is C12H25N3O3. The number of hydrogen-bond acceptors (Lipinski definition) is 3. The highest BCUT2D eigenvalue weighted by atomic mass is 16.4. The average molecular weight is 259 g/mol. The third kappa shape index (κ3) is 9.89. The lowest BCUT2D eigenvalue weighted by atomic mass is 10.2. The summed E-state index contributed by atoms with van der Waals surface area (Å²) in [5.74, 6) is -0.765. The highest BCUT2D eigenvalue weighted by Crippen LogP contribution is 1.98. The number of aliphatic carboxylic acids is 1. The molecule has 0 fully saturated rings. The highest BCUT2D eigenvalue weighted by Gasteiger charge is 2.06. The number of nitrogens with one attached hydrogen (secondary N) is 2. The quantitative estimate of drug-likeness (QED) is 0.537. The molecule has 0 saturated heterocycles. The van der Waals surface area contributed by atoms with Gasteiger partial charge >= 0.3 is 12.0 Å². The first-order valence-corrected chi connectivity index (χ1v) is 6.33. The third-order valence-corrected chi connectivity index (χ3v) is 2.79. The number of carboxylic acid groups (broad SMARTS) is 1. The molecule has 0 aliphatic rings. The van der Waals surface area contributed by atoms with Crippen LogP contribution in [0.5, 0.6) is 0 Å². The van der Waals surface area contributed by atoms with Crippen molar-refractivity contribution in [2.45, 2.75) is 38.6 Å². The van der Waals surface area contributed by atoms with Crippen molar-refractivity contribution in [1.82, 2.24) is 15.5 Å². The molecule has 18 heavy (non-hydrogen) atoms. The van der Waals surface area contributed by atoms with E-state index in [9.17, 15) is 9.59 Å². The summed E-state index contributed by atoms with van der Waals surface area (Å²) in [4.78, 5) is 23.7. The van der Waals surface area contributed by atoms with Crippen LogP contribution in [-0.2, 0) is 4.79 Å². The fourth-order valence-electron chi connectivity index (χ4n) is 1.27. The van der Waals surface area contributed by atoms with Crippen LogP contribution in [0, 0.1) is 0 Å². The van der Waals surface area contributed by atoms with E-state index < -0.39 is 5.97 Å². The van der Waals surface area contributed by atoms with Gasteiger partial charge in [0.2, 0.25) is 0 Å². The van der Waals surface area contributed by atoms with Gasteiger partial charge in [0.15, 0.2) is 0 Å². The van der Waals surface area contributed by atoms with Gasteiger partial charge in [-0.1, -0.05) is 6.42 Å². The van der Waals surface area contributed by atoms with E-state index in [1.807, 2.05) is 25.9 Å².